The first kappa shape index (κ1) is 28.8. The molecule has 192 valence electrons. The lowest BCUT2D eigenvalue weighted by molar-refractivity contribution is -0.154. The minimum Gasteiger partial charge on any atom is -0.458 e. The predicted octanol–water partition coefficient (Wildman–Crippen LogP) is 6.29. The van der Waals surface area contributed by atoms with Crippen molar-refractivity contribution in [1.29, 1.82) is 5.26 Å². The molecule has 0 unspecified atom stereocenters. The van der Waals surface area contributed by atoms with E-state index in [1.807, 2.05) is 13.8 Å². The van der Waals surface area contributed by atoms with E-state index >= 15 is 0 Å². The Kier molecular flexibility index (Phi) is 10.1. The van der Waals surface area contributed by atoms with Crippen LogP contribution in [0.5, 0.6) is 0 Å². The van der Waals surface area contributed by atoms with Gasteiger partial charge in [-0.2, -0.15) is 5.26 Å². The van der Waals surface area contributed by atoms with Crippen LogP contribution in [0.25, 0.3) is 0 Å². The number of carbonyl (C=O) groups excluding carboxylic acids is 1. The number of carbonyl (C=O) groups is 1. The van der Waals surface area contributed by atoms with Crippen LogP contribution in [0.3, 0.4) is 0 Å². The first-order valence-corrected chi connectivity index (χ1v) is 15.4. The summed E-state index contributed by atoms with van der Waals surface area (Å²) in [6, 6.07) is 5.52. The van der Waals surface area contributed by atoms with E-state index in [-0.39, 0.29) is 18.0 Å². The Hall–Kier alpha value is -1.46. The van der Waals surface area contributed by atoms with E-state index in [1.165, 1.54) is 18.1 Å². The third kappa shape index (κ3) is 6.20. The minimum atomic E-state index is -1.86. The second-order valence-corrected chi connectivity index (χ2v) is 15.1. The van der Waals surface area contributed by atoms with E-state index < -0.39 is 25.6 Å². The first-order valence-electron chi connectivity index (χ1n) is 12.9. The van der Waals surface area contributed by atoms with Gasteiger partial charge in [-0.3, -0.25) is 4.79 Å². The van der Waals surface area contributed by atoms with Gasteiger partial charge in [0, 0.05) is 31.3 Å². The summed E-state index contributed by atoms with van der Waals surface area (Å²) < 4.78 is 24.8. The molecule has 0 aromatic heterocycles. The number of esters is 1. The van der Waals surface area contributed by atoms with Crippen LogP contribution in [-0.2, 0) is 23.4 Å². The predicted molar refractivity (Wildman–Crippen MR) is 137 cm³/mol. The van der Waals surface area contributed by atoms with Crippen LogP contribution in [0.4, 0.5) is 0 Å². The summed E-state index contributed by atoms with van der Waals surface area (Å²) in [7, 11) is -1.86. The van der Waals surface area contributed by atoms with E-state index in [0.717, 1.165) is 31.0 Å². The van der Waals surface area contributed by atoms with Gasteiger partial charge >= 0.3 is 5.97 Å². The van der Waals surface area contributed by atoms with Crippen LogP contribution < -0.4 is 0 Å². The molecular formula is C27H45NO5Si. The summed E-state index contributed by atoms with van der Waals surface area (Å²) >= 11 is 0. The normalized spacial score (nSPS) is 27.8. The van der Waals surface area contributed by atoms with E-state index in [9.17, 15) is 10.1 Å². The Morgan fingerprint density at radius 2 is 1.97 bits per heavy atom. The molecule has 1 aliphatic carbocycles. The molecular weight excluding hydrogens is 446 g/mol. The van der Waals surface area contributed by atoms with Gasteiger partial charge in [0.1, 0.15) is 12.2 Å². The van der Waals surface area contributed by atoms with Crippen LogP contribution in [0.15, 0.2) is 23.8 Å². The van der Waals surface area contributed by atoms with E-state index in [2.05, 4.69) is 40.3 Å². The molecule has 2 aliphatic rings. The minimum absolute atomic E-state index is 0.00390. The molecule has 4 atom stereocenters. The highest BCUT2D eigenvalue weighted by atomic mass is 28.4. The third-order valence-electron chi connectivity index (χ3n) is 8.25. The highest BCUT2D eigenvalue weighted by Gasteiger charge is 2.51. The second-order valence-electron chi connectivity index (χ2n) is 10.3. The lowest BCUT2D eigenvalue weighted by Gasteiger charge is -2.50. The van der Waals surface area contributed by atoms with Crippen molar-refractivity contribution in [2.45, 2.75) is 110 Å². The smallest absolute Gasteiger partial charge is 0.303 e. The molecule has 1 heterocycles. The number of hydrogen-bond acceptors (Lipinski definition) is 6. The van der Waals surface area contributed by atoms with Gasteiger partial charge in [0.25, 0.3) is 0 Å². The summed E-state index contributed by atoms with van der Waals surface area (Å²) in [6.45, 7) is 19.3. The Balaban J connectivity index is 2.56. The molecule has 1 saturated heterocycles. The van der Waals surface area contributed by atoms with Crippen molar-refractivity contribution in [1.82, 2.24) is 0 Å². The molecule has 0 saturated carbocycles. The number of nitriles is 1. The molecule has 0 amide bonds. The van der Waals surface area contributed by atoms with Crippen molar-refractivity contribution < 1.29 is 23.4 Å². The quantitative estimate of drug-likeness (QED) is 0.181. The van der Waals surface area contributed by atoms with Gasteiger partial charge in [-0.05, 0) is 63.7 Å². The van der Waals surface area contributed by atoms with Crippen molar-refractivity contribution in [2.24, 2.45) is 11.3 Å². The molecule has 0 spiro atoms. The maximum absolute atomic E-state index is 12.1. The van der Waals surface area contributed by atoms with Gasteiger partial charge < -0.3 is 18.6 Å². The Morgan fingerprint density at radius 3 is 2.44 bits per heavy atom. The molecule has 6 nitrogen and oxygen atoms in total. The number of ether oxygens (including phenoxy) is 3. The van der Waals surface area contributed by atoms with Crippen molar-refractivity contribution >= 4 is 14.3 Å². The summed E-state index contributed by atoms with van der Waals surface area (Å²) in [5.74, 6) is -0.937. The zero-order valence-corrected chi connectivity index (χ0v) is 23.4. The standard InChI is InChI=1S/C27H45NO5Si/c1-9-25(32-21(6)29)27(15-13-17-28)16-14-22(24-19-30-26(7,8)33-24)20(5)23(27)18-31-34(10-2,11-3)12-4/h9,23-25H,1,10-16,18-19H2,2-8H3/t23-,24-,25+,27-/m0/s1. The van der Waals surface area contributed by atoms with Gasteiger partial charge in [0.15, 0.2) is 14.1 Å². The Labute approximate surface area is 207 Å². The molecule has 1 fully saturated rings. The summed E-state index contributed by atoms with van der Waals surface area (Å²) in [5, 5.41) is 9.50. The van der Waals surface area contributed by atoms with Crippen molar-refractivity contribution in [2.75, 3.05) is 13.2 Å². The van der Waals surface area contributed by atoms with Gasteiger partial charge in [0.05, 0.1) is 12.7 Å². The number of nitrogens with zero attached hydrogens (tertiary/aromatic N) is 1. The first-order chi connectivity index (χ1) is 16.0. The SMILES string of the molecule is C=C[C@@H](OC(C)=O)[C@@]1(CCC#N)CCC([C@@H]2COC(C)(C)O2)=C(C)[C@@H]1CO[Si](CC)(CC)CC. The van der Waals surface area contributed by atoms with Crippen LogP contribution in [0.2, 0.25) is 18.1 Å². The zero-order valence-electron chi connectivity index (χ0n) is 22.4. The molecule has 2 rings (SSSR count). The summed E-state index contributed by atoms with van der Waals surface area (Å²) in [5.41, 5.74) is 2.04. The fourth-order valence-corrected chi connectivity index (χ4v) is 8.56. The maximum Gasteiger partial charge on any atom is 0.303 e. The fourth-order valence-electron chi connectivity index (χ4n) is 5.92. The van der Waals surface area contributed by atoms with E-state index in [1.54, 1.807) is 6.08 Å². The second kappa shape index (κ2) is 12.0. The monoisotopic (exact) mass is 491 g/mol. The molecule has 1 aliphatic heterocycles. The zero-order chi connectivity index (χ0) is 25.6. The van der Waals surface area contributed by atoms with E-state index in [4.69, 9.17) is 18.6 Å². The average Bonchev–Trinajstić information content (AvgIpc) is 3.17. The van der Waals surface area contributed by atoms with Crippen LogP contribution in [0, 0.1) is 22.7 Å². The van der Waals surface area contributed by atoms with Gasteiger partial charge in [-0.15, -0.1) is 0 Å². The fraction of sp³-hybridized carbons (Fsp3) is 0.778. The average molecular weight is 492 g/mol. The highest BCUT2D eigenvalue weighted by molar-refractivity contribution is 6.73. The maximum atomic E-state index is 12.1. The van der Waals surface area contributed by atoms with Crippen LogP contribution in [-0.4, -0.2) is 45.5 Å². The molecule has 0 aromatic carbocycles. The third-order valence-corrected chi connectivity index (χ3v) is 12.9. The van der Waals surface area contributed by atoms with E-state index in [0.29, 0.717) is 26.1 Å². The summed E-state index contributed by atoms with van der Waals surface area (Å²) in [4.78, 5) is 12.1. The molecule has 0 aromatic rings. The molecule has 0 bridgehead atoms. The van der Waals surface area contributed by atoms with Crippen molar-refractivity contribution in [3.05, 3.63) is 23.8 Å². The molecule has 0 N–H and O–H groups in total. The Bertz CT molecular complexity index is 789. The van der Waals surface area contributed by atoms with Crippen molar-refractivity contribution in [3.63, 3.8) is 0 Å². The van der Waals surface area contributed by atoms with Crippen LogP contribution >= 0.6 is 0 Å². The molecule has 7 heteroatoms. The molecule has 0 radical (unpaired) electrons. The lowest BCUT2D eigenvalue weighted by Crippen LogP contribution is -2.50. The lowest BCUT2D eigenvalue weighted by atomic mass is 9.59. The molecule has 34 heavy (non-hydrogen) atoms. The van der Waals surface area contributed by atoms with Gasteiger partial charge in [0.2, 0.25) is 0 Å². The number of rotatable bonds is 12. The topological polar surface area (TPSA) is 77.8 Å². The van der Waals surface area contributed by atoms with Gasteiger partial charge in [-0.25, -0.2) is 0 Å². The summed E-state index contributed by atoms with van der Waals surface area (Å²) in [6.07, 6.45) is 3.76. The van der Waals surface area contributed by atoms with Crippen molar-refractivity contribution in [3.8, 4) is 6.07 Å². The van der Waals surface area contributed by atoms with Gasteiger partial charge in [-0.1, -0.05) is 39.0 Å². The van der Waals surface area contributed by atoms with Crippen LogP contribution in [0.1, 0.15) is 74.1 Å². The Morgan fingerprint density at radius 1 is 1.32 bits per heavy atom. The largest absolute Gasteiger partial charge is 0.458 e. The highest BCUT2D eigenvalue weighted by Crippen LogP contribution is 2.53. The number of hydrogen-bond donors (Lipinski definition) is 0.